The highest BCUT2D eigenvalue weighted by Gasteiger charge is 2.21. The molecule has 0 atom stereocenters. The summed E-state index contributed by atoms with van der Waals surface area (Å²) in [5.74, 6) is 0. The zero-order chi connectivity index (χ0) is 17.4. The standard InChI is InChI=1S/C7H12.C6H3N3O6/c1-5-7(4)6(2)3;10-7(11)4-1-5(8(12)13)3-6(2-4)9(14)15/h5H,1H2,2-4H3;1-3H. The minimum Gasteiger partial charge on any atom is -0.258 e. The van der Waals surface area contributed by atoms with Gasteiger partial charge in [0.2, 0.25) is 0 Å². The first kappa shape index (κ1) is 18.9. The molecular formula is C13H15N3O6. The van der Waals surface area contributed by atoms with E-state index in [9.17, 15) is 30.3 Å². The first-order valence-corrected chi connectivity index (χ1v) is 5.95. The van der Waals surface area contributed by atoms with Crippen molar-refractivity contribution in [2.45, 2.75) is 20.8 Å². The quantitative estimate of drug-likeness (QED) is 0.470. The third kappa shape index (κ3) is 5.90. The molecule has 1 aromatic carbocycles. The number of rotatable bonds is 4. The zero-order valence-corrected chi connectivity index (χ0v) is 12.3. The van der Waals surface area contributed by atoms with E-state index >= 15 is 0 Å². The molecule has 0 saturated heterocycles. The summed E-state index contributed by atoms with van der Waals surface area (Å²) in [6, 6.07) is 1.98. The number of nitro groups is 3. The summed E-state index contributed by atoms with van der Waals surface area (Å²) in [4.78, 5) is 28.1. The zero-order valence-electron chi connectivity index (χ0n) is 12.3. The van der Waals surface area contributed by atoms with Crippen LogP contribution in [0.2, 0.25) is 0 Å². The van der Waals surface area contributed by atoms with E-state index in [4.69, 9.17) is 0 Å². The third-order valence-corrected chi connectivity index (χ3v) is 2.61. The summed E-state index contributed by atoms with van der Waals surface area (Å²) in [6.45, 7) is 9.84. The van der Waals surface area contributed by atoms with Crippen molar-refractivity contribution in [2.24, 2.45) is 0 Å². The second-order valence-corrected chi connectivity index (χ2v) is 4.37. The van der Waals surface area contributed by atoms with E-state index in [-0.39, 0.29) is 0 Å². The Kier molecular flexibility index (Phi) is 7.08. The Hall–Kier alpha value is -3.10. The maximum atomic E-state index is 10.3. The van der Waals surface area contributed by atoms with E-state index in [1.807, 2.05) is 6.08 Å². The van der Waals surface area contributed by atoms with E-state index in [0.717, 1.165) is 0 Å². The van der Waals surface area contributed by atoms with E-state index in [2.05, 4.69) is 27.4 Å². The van der Waals surface area contributed by atoms with Crippen molar-refractivity contribution in [2.75, 3.05) is 0 Å². The van der Waals surface area contributed by atoms with E-state index in [1.54, 1.807) is 0 Å². The predicted molar refractivity (Wildman–Crippen MR) is 80.7 cm³/mol. The average molecular weight is 309 g/mol. The topological polar surface area (TPSA) is 129 Å². The van der Waals surface area contributed by atoms with Crippen LogP contribution in [0.5, 0.6) is 0 Å². The molecule has 0 aliphatic carbocycles. The molecule has 0 N–H and O–H groups in total. The molecule has 0 radical (unpaired) electrons. The fourth-order valence-corrected chi connectivity index (χ4v) is 1.10. The maximum absolute atomic E-state index is 10.3. The SMILES string of the molecule is C=CC(C)=C(C)C.O=[N+]([O-])c1cc([N+](=O)[O-])cc([N+](=O)[O-])c1. The molecule has 9 nitrogen and oxygen atoms in total. The van der Waals surface area contributed by atoms with Crippen LogP contribution in [0, 0.1) is 30.3 Å². The summed E-state index contributed by atoms with van der Waals surface area (Å²) in [5.41, 5.74) is 0.567. The molecule has 0 aliphatic heterocycles. The minimum absolute atomic E-state index is 0.660. The van der Waals surface area contributed by atoms with Crippen LogP contribution in [0.3, 0.4) is 0 Å². The monoisotopic (exact) mass is 309 g/mol. The van der Waals surface area contributed by atoms with Gasteiger partial charge >= 0.3 is 0 Å². The summed E-state index contributed by atoms with van der Waals surface area (Å²) < 4.78 is 0. The maximum Gasteiger partial charge on any atom is 0.283 e. The summed E-state index contributed by atoms with van der Waals surface area (Å²) in [7, 11) is 0. The lowest BCUT2D eigenvalue weighted by Crippen LogP contribution is -1.96. The Morgan fingerprint density at radius 1 is 0.864 bits per heavy atom. The predicted octanol–water partition coefficient (Wildman–Crippen LogP) is 3.94. The van der Waals surface area contributed by atoms with Crippen molar-refractivity contribution in [1.82, 2.24) is 0 Å². The van der Waals surface area contributed by atoms with Crippen molar-refractivity contribution in [3.8, 4) is 0 Å². The van der Waals surface area contributed by atoms with Crippen LogP contribution in [0.4, 0.5) is 17.1 Å². The van der Waals surface area contributed by atoms with Gasteiger partial charge in [0.25, 0.3) is 17.1 Å². The molecule has 0 aromatic heterocycles. The first-order valence-electron chi connectivity index (χ1n) is 5.95. The highest BCUT2D eigenvalue weighted by molar-refractivity contribution is 5.52. The van der Waals surface area contributed by atoms with Crippen LogP contribution in [0.25, 0.3) is 0 Å². The number of nitro benzene ring substituents is 3. The Morgan fingerprint density at radius 2 is 1.14 bits per heavy atom. The lowest BCUT2D eigenvalue weighted by atomic mass is 10.2. The van der Waals surface area contributed by atoms with Crippen molar-refractivity contribution < 1.29 is 14.8 Å². The van der Waals surface area contributed by atoms with Gasteiger partial charge in [-0.05, 0) is 20.8 Å². The van der Waals surface area contributed by atoms with Crippen molar-refractivity contribution in [1.29, 1.82) is 0 Å². The largest absolute Gasteiger partial charge is 0.283 e. The van der Waals surface area contributed by atoms with Gasteiger partial charge in [-0.1, -0.05) is 23.8 Å². The average Bonchev–Trinajstić information content (AvgIpc) is 2.46. The number of hydrogen-bond donors (Lipinski definition) is 0. The highest BCUT2D eigenvalue weighted by Crippen LogP contribution is 2.26. The van der Waals surface area contributed by atoms with Crippen molar-refractivity contribution in [3.05, 3.63) is 72.3 Å². The summed E-state index contributed by atoms with van der Waals surface area (Å²) in [6.07, 6.45) is 1.87. The molecule has 22 heavy (non-hydrogen) atoms. The molecule has 118 valence electrons. The summed E-state index contributed by atoms with van der Waals surface area (Å²) >= 11 is 0. The molecule has 0 spiro atoms. The van der Waals surface area contributed by atoms with E-state index in [0.29, 0.717) is 18.2 Å². The number of allylic oxidation sites excluding steroid dienone is 3. The molecule has 0 aliphatic rings. The fourth-order valence-electron chi connectivity index (χ4n) is 1.10. The number of nitrogens with zero attached hydrogens (tertiary/aromatic N) is 3. The first-order chi connectivity index (χ1) is 10.1. The van der Waals surface area contributed by atoms with Crippen molar-refractivity contribution >= 4 is 17.1 Å². The van der Waals surface area contributed by atoms with E-state index < -0.39 is 31.8 Å². The fraction of sp³-hybridized carbons (Fsp3) is 0.231. The molecule has 0 bridgehead atoms. The van der Waals surface area contributed by atoms with Gasteiger partial charge in [0.1, 0.15) is 0 Å². The second kappa shape index (κ2) is 8.25. The van der Waals surface area contributed by atoms with Crippen LogP contribution >= 0.6 is 0 Å². The molecule has 0 unspecified atom stereocenters. The van der Waals surface area contributed by atoms with Gasteiger partial charge < -0.3 is 0 Å². The second-order valence-electron chi connectivity index (χ2n) is 4.37. The Balaban J connectivity index is 0.000000534. The van der Waals surface area contributed by atoms with Gasteiger partial charge in [0.05, 0.1) is 33.0 Å². The van der Waals surface area contributed by atoms with E-state index in [1.165, 1.54) is 11.1 Å². The molecule has 0 fully saturated rings. The highest BCUT2D eigenvalue weighted by atomic mass is 16.6. The Labute approximate surface area is 126 Å². The lowest BCUT2D eigenvalue weighted by Gasteiger charge is -1.93. The van der Waals surface area contributed by atoms with Crippen LogP contribution in [-0.4, -0.2) is 14.8 Å². The number of hydrogen-bond acceptors (Lipinski definition) is 6. The number of non-ortho nitro benzene ring substituents is 3. The molecular weight excluding hydrogens is 294 g/mol. The summed E-state index contributed by atoms with van der Waals surface area (Å²) in [5, 5.41) is 30.9. The number of benzene rings is 1. The van der Waals surface area contributed by atoms with Crippen LogP contribution in [0.1, 0.15) is 20.8 Å². The normalized spacial score (nSPS) is 9.05. The molecule has 0 amide bonds. The van der Waals surface area contributed by atoms with Crippen LogP contribution in [0.15, 0.2) is 42.0 Å². The van der Waals surface area contributed by atoms with Gasteiger partial charge in [-0.2, -0.15) is 0 Å². The van der Waals surface area contributed by atoms with Gasteiger partial charge in [0.15, 0.2) is 0 Å². The van der Waals surface area contributed by atoms with Gasteiger partial charge in [0, 0.05) is 0 Å². The van der Waals surface area contributed by atoms with Gasteiger partial charge in [-0.3, -0.25) is 30.3 Å². The molecule has 0 heterocycles. The van der Waals surface area contributed by atoms with Gasteiger partial charge in [-0.25, -0.2) is 0 Å². The van der Waals surface area contributed by atoms with Gasteiger partial charge in [-0.15, -0.1) is 0 Å². The molecule has 1 rings (SSSR count). The molecule has 9 heteroatoms. The third-order valence-electron chi connectivity index (χ3n) is 2.61. The van der Waals surface area contributed by atoms with Crippen LogP contribution < -0.4 is 0 Å². The Bertz CT molecular complexity index is 568. The van der Waals surface area contributed by atoms with Crippen LogP contribution in [-0.2, 0) is 0 Å². The molecule has 0 saturated carbocycles. The Morgan fingerprint density at radius 3 is 1.23 bits per heavy atom. The lowest BCUT2D eigenvalue weighted by molar-refractivity contribution is -0.403. The molecule has 1 aromatic rings. The smallest absolute Gasteiger partial charge is 0.258 e. The minimum atomic E-state index is -0.931. The van der Waals surface area contributed by atoms with Crippen molar-refractivity contribution in [3.63, 3.8) is 0 Å².